The molecule has 0 aliphatic heterocycles. The van der Waals surface area contributed by atoms with Crippen molar-refractivity contribution in [3.8, 4) is 11.5 Å². The fourth-order valence-electron chi connectivity index (χ4n) is 2.18. The zero-order chi connectivity index (χ0) is 14.7. The van der Waals surface area contributed by atoms with E-state index < -0.39 is 0 Å². The number of aromatic nitrogens is 5. The summed E-state index contributed by atoms with van der Waals surface area (Å²) in [4.78, 5) is 4.67. The maximum atomic E-state index is 5.52. The molecule has 0 bridgehead atoms. The number of pyridine rings is 1. The molecule has 0 fully saturated rings. The van der Waals surface area contributed by atoms with Crippen molar-refractivity contribution in [1.82, 2.24) is 25.2 Å². The third-order valence-corrected chi connectivity index (χ3v) is 3.85. The van der Waals surface area contributed by atoms with Crippen molar-refractivity contribution in [1.29, 1.82) is 0 Å². The average molecular weight is 347 g/mol. The maximum Gasteiger partial charge on any atom is 0.201 e. The molecular formula is C14H15BrN6. The summed E-state index contributed by atoms with van der Waals surface area (Å²) in [5, 5.41) is 13.0. The third kappa shape index (κ3) is 2.93. The standard InChI is InChI=1S/C14H15BrN6/c15-11-9-10-5-1-2-6-12(10)17-13(11)14-18-19-20-21(14)8-4-3-7-16/h1-2,5-6,9H,3-4,7-8,16H2. The van der Waals surface area contributed by atoms with E-state index >= 15 is 0 Å². The lowest BCUT2D eigenvalue weighted by molar-refractivity contribution is 0.548. The summed E-state index contributed by atoms with van der Waals surface area (Å²) in [6.07, 6.45) is 1.89. The number of halogens is 1. The number of hydrogen-bond acceptors (Lipinski definition) is 5. The number of benzene rings is 1. The number of hydrogen-bond donors (Lipinski definition) is 1. The van der Waals surface area contributed by atoms with Gasteiger partial charge in [0.15, 0.2) is 0 Å². The van der Waals surface area contributed by atoms with E-state index in [4.69, 9.17) is 5.73 Å². The molecule has 3 aromatic rings. The first-order valence-corrected chi connectivity index (χ1v) is 7.61. The van der Waals surface area contributed by atoms with Crippen LogP contribution in [-0.2, 0) is 6.54 Å². The van der Waals surface area contributed by atoms with Crippen molar-refractivity contribution in [2.45, 2.75) is 19.4 Å². The van der Waals surface area contributed by atoms with Gasteiger partial charge in [-0.25, -0.2) is 9.67 Å². The molecule has 0 amide bonds. The van der Waals surface area contributed by atoms with Gasteiger partial charge >= 0.3 is 0 Å². The highest BCUT2D eigenvalue weighted by molar-refractivity contribution is 9.10. The van der Waals surface area contributed by atoms with Crippen molar-refractivity contribution in [3.05, 3.63) is 34.8 Å². The van der Waals surface area contributed by atoms with E-state index in [1.807, 2.05) is 30.3 Å². The molecule has 2 aromatic heterocycles. The monoisotopic (exact) mass is 346 g/mol. The molecule has 7 heteroatoms. The number of unbranched alkanes of at least 4 members (excludes halogenated alkanes) is 1. The first kappa shape index (κ1) is 14.1. The number of para-hydroxylation sites is 1. The Labute approximate surface area is 130 Å². The van der Waals surface area contributed by atoms with Gasteiger partial charge < -0.3 is 5.73 Å². The molecule has 2 N–H and O–H groups in total. The van der Waals surface area contributed by atoms with Gasteiger partial charge in [0.25, 0.3) is 0 Å². The second-order valence-electron chi connectivity index (χ2n) is 4.73. The van der Waals surface area contributed by atoms with E-state index in [0.29, 0.717) is 12.4 Å². The second kappa shape index (κ2) is 6.28. The zero-order valence-corrected chi connectivity index (χ0v) is 13.0. The molecule has 1 aromatic carbocycles. The Balaban J connectivity index is 2.00. The van der Waals surface area contributed by atoms with Crippen LogP contribution >= 0.6 is 15.9 Å². The molecule has 108 valence electrons. The van der Waals surface area contributed by atoms with Crippen LogP contribution in [0.3, 0.4) is 0 Å². The molecular weight excluding hydrogens is 332 g/mol. The van der Waals surface area contributed by atoms with Crippen LogP contribution in [0.5, 0.6) is 0 Å². The minimum absolute atomic E-state index is 0.671. The Hall–Kier alpha value is -1.86. The molecule has 3 rings (SSSR count). The lowest BCUT2D eigenvalue weighted by atomic mass is 10.2. The molecule has 2 heterocycles. The second-order valence-corrected chi connectivity index (χ2v) is 5.59. The minimum Gasteiger partial charge on any atom is -0.330 e. The lowest BCUT2D eigenvalue weighted by Gasteiger charge is -2.07. The highest BCUT2D eigenvalue weighted by Crippen LogP contribution is 2.28. The van der Waals surface area contributed by atoms with Crippen LogP contribution in [0.2, 0.25) is 0 Å². The summed E-state index contributed by atoms with van der Waals surface area (Å²) in [7, 11) is 0. The Morgan fingerprint density at radius 2 is 2.05 bits per heavy atom. The van der Waals surface area contributed by atoms with E-state index in [0.717, 1.165) is 40.5 Å². The Morgan fingerprint density at radius 1 is 1.19 bits per heavy atom. The van der Waals surface area contributed by atoms with Crippen LogP contribution in [0.25, 0.3) is 22.4 Å². The topological polar surface area (TPSA) is 82.5 Å². The predicted octanol–water partition coefficient (Wildman–Crippen LogP) is 2.39. The first-order valence-electron chi connectivity index (χ1n) is 6.81. The SMILES string of the molecule is NCCCCn1nnnc1-c1nc2ccccc2cc1Br. The first-order chi connectivity index (χ1) is 10.3. The van der Waals surface area contributed by atoms with Crippen molar-refractivity contribution in [2.75, 3.05) is 6.54 Å². The van der Waals surface area contributed by atoms with Gasteiger partial charge in [-0.3, -0.25) is 0 Å². The van der Waals surface area contributed by atoms with Crippen LogP contribution in [0.4, 0.5) is 0 Å². The molecule has 0 radical (unpaired) electrons. The van der Waals surface area contributed by atoms with Crippen molar-refractivity contribution < 1.29 is 0 Å². The summed E-state index contributed by atoms with van der Waals surface area (Å²) in [5.41, 5.74) is 7.20. The van der Waals surface area contributed by atoms with Gasteiger partial charge in [-0.05, 0) is 57.9 Å². The molecule has 0 aliphatic rings. The fourth-order valence-corrected chi connectivity index (χ4v) is 2.69. The summed E-state index contributed by atoms with van der Waals surface area (Å²) >= 11 is 3.56. The molecule has 0 saturated carbocycles. The predicted molar refractivity (Wildman–Crippen MR) is 84.5 cm³/mol. The highest BCUT2D eigenvalue weighted by atomic mass is 79.9. The lowest BCUT2D eigenvalue weighted by Crippen LogP contribution is -2.07. The van der Waals surface area contributed by atoms with Gasteiger partial charge in [0, 0.05) is 16.4 Å². The van der Waals surface area contributed by atoms with E-state index in [-0.39, 0.29) is 0 Å². The van der Waals surface area contributed by atoms with Crippen LogP contribution in [0.1, 0.15) is 12.8 Å². The number of fused-ring (bicyclic) bond motifs is 1. The number of aryl methyl sites for hydroxylation is 1. The molecule has 6 nitrogen and oxygen atoms in total. The summed E-state index contributed by atoms with van der Waals surface area (Å²) < 4.78 is 2.66. The third-order valence-electron chi connectivity index (χ3n) is 3.25. The minimum atomic E-state index is 0.671. The molecule has 0 spiro atoms. The molecule has 0 unspecified atom stereocenters. The van der Waals surface area contributed by atoms with Crippen LogP contribution in [0.15, 0.2) is 34.8 Å². The van der Waals surface area contributed by atoms with E-state index in [1.165, 1.54) is 0 Å². The Morgan fingerprint density at radius 3 is 2.90 bits per heavy atom. The van der Waals surface area contributed by atoms with E-state index in [2.05, 4.69) is 36.4 Å². The van der Waals surface area contributed by atoms with Gasteiger partial charge in [-0.2, -0.15) is 0 Å². The normalized spacial score (nSPS) is 11.1. The Kier molecular flexibility index (Phi) is 4.21. The van der Waals surface area contributed by atoms with Gasteiger partial charge in [0.1, 0.15) is 5.69 Å². The van der Waals surface area contributed by atoms with Crippen LogP contribution < -0.4 is 5.73 Å². The van der Waals surface area contributed by atoms with Gasteiger partial charge in [-0.15, -0.1) is 5.10 Å². The Bertz CT molecular complexity index is 754. The van der Waals surface area contributed by atoms with Crippen molar-refractivity contribution in [3.63, 3.8) is 0 Å². The van der Waals surface area contributed by atoms with E-state index in [1.54, 1.807) is 4.68 Å². The van der Waals surface area contributed by atoms with Crippen molar-refractivity contribution >= 4 is 26.8 Å². The summed E-state index contributed by atoms with van der Waals surface area (Å²) in [5.74, 6) is 0.671. The average Bonchev–Trinajstić information content (AvgIpc) is 2.95. The van der Waals surface area contributed by atoms with E-state index in [9.17, 15) is 0 Å². The van der Waals surface area contributed by atoms with Crippen molar-refractivity contribution in [2.24, 2.45) is 5.73 Å². The molecule has 0 atom stereocenters. The van der Waals surface area contributed by atoms with Crippen LogP contribution in [-0.4, -0.2) is 31.7 Å². The maximum absolute atomic E-state index is 5.52. The van der Waals surface area contributed by atoms with Gasteiger partial charge in [0.05, 0.1) is 5.52 Å². The number of nitrogens with two attached hydrogens (primary N) is 1. The number of nitrogens with zero attached hydrogens (tertiary/aromatic N) is 5. The summed E-state index contributed by atoms with van der Waals surface area (Å²) in [6, 6.07) is 10.0. The molecule has 21 heavy (non-hydrogen) atoms. The zero-order valence-electron chi connectivity index (χ0n) is 11.4. The highest BCUT2D eigenvalue weighted by Gasteiger charge is 2.14. The smallest absolute Gasteiger partial charge is 0.201 e. The molecule has 0 saturated heterocycles. The van der Waals surface area contributed by atoms with Gasteiger partial charge in [-0.1, -0.05) is 18.2 Å². The molecule has 0 aliphatic carbocycles. The van der Waals surface area contributed by atoms with Crippen LogP contribution in [0, 0.1) is 0 Å². The number of rotatable bonds is 5. The fraction of sp³-hybridized carbons (Fsp3) is 0.286. The quantitative estimate of drug-likeness (QED) is 0.717. The summed E-state index contributed by atoms with van der Waals surface area (Å²) in [6.45, 7) is 1.41. The van der Waals surface area contributed by atoms with Gasteiger partial charge in [0.2, 0.25) is 5.82 Å². The number of tetrazole rings is 1. The largest absolute Gasteiger partial charge is 0.330 e.